The Bertz CT molecular complexity index is 595. The molecule has 0 saturated carbocycles. The first-order chi connectivity index (χ1) is 9.98. The Hall–Kier alpha value is -1.97. The van der Waals surface area contributed by atoms with Crippen LogP contribution in [0.3, 0.4) is 0 Å². The van der Waals surface area contributed by atoms with Gasteiger partial charge >= 0.3 is 0 Å². The monoisotopic (exact) mass is 283 g/mol. The van der Waals surface area contributed by atoms with Crippen molar-refractivity contribution in [1.29, 1.82) is 0 Å². The number of carbonyl (C=O) groups excluding carboxylic acids is 1. The molecule has 0 fully saturated rings. The topological polar surface area (TPSA) is 40.5 Å². The summed E-state index contributed by atoms with van der Waals surface area (Å²) < 4.78 is 0. The first-order valence-electron chi connectivity index (χ1n) is 6.98. The van der Waals surface area contributed by atoms with Gasteiger partial charge in [0, 0.05) is 5.56 Å². The zero-order valence-corrected chi connectivity index (χ0v) is 12.7. The molecule has 0 aliphatic rings. The van der Waals surface area contributed by atoms with E-state index in [-0.39, 0.29) is 5.78 Å². The van der Waals surface area contributed by atoms with Crippen LogP contribution in [0.2, 0.25) is 0 Å². The third kappa shape index (κ3) is 2.89. The highest BCUT2D eigenvalue weighted by Crippen LogP contribution is 2.32. The van der Waals surface area contributed by atoms with E-state index in [9.17, 15) is 9.90 Å². The quantitative estimate of drug-likeness (QED) is 0.858. The molecule has 0 aliphatic heterocycles. The van der Waals surface area contributed by atoms with E-state index in [0.717, 1.165) is 5.56 Å². The summed E-state index contributed by atoms with van der Waals surface area (Å²) in [6.45, 7) is 1.78. The van der Waals surface area contributed by atoms with E-state index in [2.05, 4.69) is 0 Å². The lowest BCUT2D eigenvalue weighted by Gasteiger charge is -2.39. The lowest BCUT2D eigenvalue weighted by Crippen LogP contribution is -2.53. The number of likely N-dealkylation sites (N-methyl/N-ethyl adjacent to an activating group) is 1. The second-order valence-corrected chi connectivity index (χ2v) is 5.55. The molecule has 3 heteroatoms. The Morgan fingerprint density at radius 3 is 1.95 bits per heavy atom. The minimum atomic E-state index is -1.03. The third-order valence-electron chi connectivity index (χ3n) is 4.07. The number of aliphatic hydroxyl groups excluding tert-OH is 1. The highest BCUT2D eigenvalue weighted by atomic mass is 16.3. The molecule has 2 rings (SSSR count). The Morgan fingerprint density at radius 1 is 1.00 bits per heavy atom. The number of carbonyl (C=O) groups is 1. The summed E-state index contributed by atoms with van der Waals surface area (Å²) in [5.41, 5.74) is 0.310. The van der Waals surface area contributed by atoms with Crippen LogP contribution in [0.5, 0.6) is 0 Å². The summed E-state index contributed by atoms with van der Waals surface area (Å²) in [6.07, 6.45) is -0.901. The molecule has 2 aromatic rings. The molecule has 110 valence electrons. The molecule has 0 heterocycles. The van der Waals surface area contributed by atoms with Gasteiger partial charge in [-0.05, 0) is 26.6 Å². The molecule has 0 radical (unpaired) electrons. The maximum Gasteiger partial charge on any atom is 0.185 e. The molecule has 21 heavy (non-hydrogen) atoms. The van der Waals surface area contributed by atoms with Crippen LogP contribution in [0.25, 0.3) is 0 Å². The smallest absolute Gasteiger partial charge is 0.185 e. The number of benzene rings is 2. The summed E-state index contributed by atoms with van der Waals surface area (Å²) in [7, 11) is 3.62. The van der Waals surface area contributed by atoms with Gasteiger partial charge in [-0.3, -0.25) is 9.69 Å². The van der Waals surface area contributed by atoms with E-state index in [1.165, 1.54) is 0 Å². The third-order valence-corrected chi connectivity index (χ3v) is 4.07. The largest absolute Gasteiger partial charge is 0.386 e. The van der Waals surface area contributed by atoms with Gasteiger partial charge in [-0.1, -0.05) is 60.7 Å². The van der Waals surface area contributed by atoms with Gasteiger partial charge in [0.1, 0.15) is 11.6 Å². The van der Waals surface area contributed by atoms with Crippen LogP contribution in [0.4, 0.5) is 0 Å². The molecule has 0 bridgehead atoms. The number of nitrogens with zero attached hydrogens (tertiary/aromatic N) is 1. The number of hydrogen-bond acceptors (Lipinski definition) is 3. The van der Waals surface area contributed by atoms with E-state index >= 15 is 0 Å². The number of ketones is 1. The maximum atomic E-state index is 12.9. The molecule has 2 atom stereocenters. The normalized spacial score (nSPS) is 15.5. The van der Waals surface area contributed by atoms with Crippen LogP contribution in [0.15, 0.2) is 60.7 Å². The van der Waals surface area contributed by atoms with E-state index in [1.807, 2.05) is 62.6 Å². The Balaban J connectivity index is 2.44. The molecule has 2 unspecified atom stereocenters. The Morgan fingerprint density at radius 2 is 1.48 bits per heavy atom. The zero-order chi connectivity index (χ0) is 15.5. The van der Waals surface area contributed by atoms with Gasteiger partial charge in [0.2, 0.25) is 0 Å². The van der Waals surface area contributed by atoms with Crippen molar-refractivity contribution in [1.82, 2.24) is 4.90 Å². The van der Waals surface area contributed by atoms with Crippen molar-refractivity contribution in [2.24, 2.45) is 0 Å². The summed E-state index contributed by atoms with van der Waals surface area (Å²) >= 11 is 0. The molecular formula is C18H21NO2. The molecule has 1 N–H and O–H groups in total. The predicted molar refractivity (Wildman–Crippen MR) is 84.3 cm³/mol. The van der Waals surface area contributed by atoms with Crippen molar-refractivity contribution in [2.45, 2.75) is 18.6 Å². The van der Waals surface area contributed by atoms with Crippen LogP contribution in [-0.4, -0.2) is 35.4 Å². The number of Topliss-reactive ketones (excluding diaryl/α,β-unsaturated/α-hetero) is 1. The lowest BCUT2D eigenvalue weighted by molar-refractivity contribution is 0.0103. The fourth-order valence-corrected chi connectivity index (χ4v) is 2.41. The summed E-state index contributed by atoms with van der Waals surface area (Å²) in [6, 6.07) is 18.4. The average Bonchev–Trinajstić information content (AvgIpc) is 2.54. The van der Waals surface area contributed by atoms with Crippen molar-refractivity contribution < 1.29 is 9.90 Å². The van der Waals surface area contributed by atoms with Crippen molar-refractivity contribution in [2.75, 3.05) is 14.1 Å². The van der Waals surface area contributed by atoms with Crippen molar-refractivity contribution in [3.8, 4) is 0 Å². The van der Waals surface area contributed by atoms with Crippen molar-refractivity contribution in [3.05, 3.63) is 71.8 Å². The predicted octanol–water partition coefficient (Wildman–Crippen LogP) is 2.92. The molecule has 0 saturated heterocycles. The van der Waals surface area contributed by atoms with Gasteiger partial charge in [-0.15, -0.1) is 0 Å². The van der Waals surface area contributed by atoms with Crippen molar-refractivity contribution in [3.63, 3.8) is 0 Å². The first kappa shape index (κ1) is 15.4. The second kappa shape index (κ2) is 6.20. The SMILES string of the molecule is CN(C)C(C)(C(=O)c1ccccc1)C(O)c1ccccc1. The number of rotatable bonds is 5. The lowest BCUT2D eigenvalue weighted by atomic mass is 9.81. The number of aliphatic hydroxyl groups is 1. The van der Waals surface area contributed by atoms with Gasteiger partial charge in [0.15, 0.2) is 5.78 Å². The molecule has 0 amide bonds. The fourth-order valence-electron chi connectivity index (χ4n) is 2.41. The fraction of sp³-hybridized carbons (Fsp3) is 0.278. The summed E-state index contributed by atoms with van der Waals surface area (Å²) in [5, 5.41) is 10.8. The van der Waals surface area contributed by atoms with Gasteiger partial charge in [0.25, 0.3) is 0 Å². The highest BCUT2D eigenvalue weighted by Gasteiger charge is 2.43. The van der Waals surface area contributed by atoms with Crippen LogP contribution < -0.4 is 0 Å². The standard InChI is InChI=1S/C18H21NO2/c1-18(19(2)3,16(20)14-10-6-4-7-11-14)17(21)15-12-8-5-9-13-15/h4-13,16,20H,1-3H3. The minimum absolute atomic E-state index is 0.0931. The minimum Gasteiger partial charge on any atom is -0.386 e. The molecule has 0 aromatic heterocycles. The Kier molecular flexibility index (Phi) is 4.56. The maximum absolute atomic E-state index is 12.9. The molecule has 3 nitrogen and oxygen atoms in total. The highest BCUT2D eigenvalue weighted by molar-refractivity contribution is 6.03. The van der Waals surface area contributed by atoms with Crippen LogP contribution >= 0.6 is 0 Å². The van der Waals surface area contributed by atoms with Gasteiger partial charge < -0.3 is 5.11 Å². The van der Waals surface area contributed by atoms with Crippen LogP contribution in [0.1, 0.15) is 28.9 Å². The van der Waals surface area contributed by atoms with E-state index in [0.29, 0.717) is 5.56 Å². The molecule has 2 aromatic carbocycles. The average molecular weight is 283 g/mol. The first-order valence-corrected chi connectivity index (χ1v) is 6.98. The Labute approximate surface area is 125 Å². The van der Waals surface area contributed by atoms with Gasteiger partial charge in [-0.25, -0.2) is 0 Å². The van der Waals surface area contributed by atoms with Crippen LogP contribution in [0, 0.1) is 0 Å². The summed E-state index contributed by atoms with van der Waals surface area (Å²) in [4.78, 5) is 14.7. The second-order valence-electron chi connectivity index (χ2n) is 5.55. The molecular weight excluding hydrogens is 262 g/mol. The van der Waals surface area contributed by atoms with E-state index < -0.39 is 11.6 Å². The van der Waals surface area contributed by atoms with Crippen LogP contribution in [-0.2, 0) is 0 Å². The number of hydrogen-bond donors (Lipinski definition) is 1. The zero-order valence-electron chi connectivity index (χ0n) is 12.7. The summed E-state index contributed by atoms with van der Waals surface area (Å²) in [5.74, 6) is -0.0931. The van der Waals surface area contributed by atoms with E-state index in [1.54, 1.807) is 24.0 Å². The van der Waals surface area contributed by atoms with Gasteiger partial charge in [0.05, 0.1) is 0 Å². The van der Waals surface area contributed by atoms with E-state index in [4.69, 9.17) is 0 Å². The van der Waals surface area contributed by atoms with Gasteiger partial charge in [-0.2, -0.15) is 0 Å². The molecule has 0 aliphatic carbocycles. The van der Waals surface area contributed by atoms with Crippen molar-refractivity contribution >= 4 is 5.78 Å². The molecule has 0 spiro atoms.